The number of methoxy groups -OCH3 is 1. The lowest BCUT2D eigenvalue weighted by Gasteiger charge is -2.14. The lowest BCUT2D eigenvalue weighted by molar-refractivity contribution is 0.414. The average Bonchev–Trinajstić information content (AvgIpc) is 2.79. The summed E-state index contributed by atoms with van der Waals surface area (Å²) in [6.45, 7) is 1.98. The fraction of sp³-hybridized carbons (Fsp3) is 0.105. The van der Waals surface area contributed by atoms with Crippen LogP contribution in [-0.4, -0.2) is 16.8 Å². The van der Waals surface area contributed by atoms with E-state index < -0.39 is 0 Å². The third kappa shape index (κ3) is 2.41. The first kappa shape index (κ1) is 15.0. The number of fused-ring (bicyclic) bond motifs is 2. The number of nitrogens with one attached hydrogen (secondary N) is 1. The number of aromatic nitrogens is 2. The second kappa shape index (κ2) is 5.83. The molecule has 1 aliphatic rings. The van der Waals surface area contributed by atoms with Crippen LogP contribution in [0.2, 0.25) is 0 Å². The topological polar surface area (TPSA) is 39.1 Å². The van der Waals surface area contributed by atoms with Gasteiger partial charge in [0.2, 0.25) is 0 Å². The predicted octanol–water partition coefficient (Wildman–Crippen LogP) is 2.51. The summed E-state index contributed by atoms with van der Waals surface area (Å²) in [6, 6.07) is 16.4. The van der Waals surface area contributed by atoms with Gasteiger partial charge in [0.05, 0.1) is 18.5 Å². The standard InChI is InChI=1S/C19H16BrN3O/c1-12-19(20)23-17(21-12)10-14-8-9-15(24-2)11-16(14)18(22-23)13-6-4-3-5-7-13/h3-11,22H,1-2H3. The molecule has 0 fully saturated rings. The molecule has 5 heteroatoms. The zero-order chi connectivity index (χ0) is 16.7. The Balaban J connectivity index is 2.09. The van der Waals surface area contributed by atoms with Gasteiger partial charge in [0, 0.05) is 10.8 Å². The molecule has 0 saturated heterocycles. The van der Waals surface area contributed by atoms with Crippen LogP contribution in [-0.2, 0) is 0 Å². The van der Waals surface area contributed by atoms with Gasteiger partial charge < -0.3 is 4.74 Å². The van der Waals surface area contributed by atoms with Crippen molar-refractivity contribution in [2.45, 2.75) is 6.92 Å². The maximum absolute atomic E-state index is 5.42. The first-order chi connectivity index (χ1) is 11.7. The highest BCUT2D eigenvalue weighted by Gasteiger charge is 2.16. The van der Waals surface area contributed by atoms with Crippen molar-refractivity contribution >= 4 is 27.7 Å². The lowest BCUT2D eigenvalue weighted by Crippen LogP contribution is -2.29. The van der Waals surface area contributed by atoms with Crippen LogP contribution < -0.4 is 20.6 Å². The second-order valence-corrected chi connectivity index (χ2v) is 6.38. The Morgan fingerprint density at radius 3 is 2.67 bits per heavy atom. The normalized spacial score (nSPS) is 12.5. The molecule has 0 unspecified atom stereocenters. The molecular formula is C19H16BrN3O. The molecule has 0 aliphatic carbocycles. The quantitative estimate of drug-likeness (QED) is 0.741. The van der Waals surface area contributed by atoms with Crippen LogP contribution in [0.1, 0.15) is 17.1 Å². The van der Waals surface area contributed by atoms with Crippen molar-refractivity contribution in [3.8, 4) is 5.75 Å². The number of halogens is 1. The van der Waals surface area contributed by atoms with E-state index in [4.69, 9.17) is 4.74 Å². The Kier molecular flexibility index (Phi) is 3.65. The molecule has 1 aromatic heterocycles. The molecule has 3 aromatic rings. The van der Waals surface area contributed by atoms with Crippen molar-refractivity contribution in [2.24, 2.45) is 0 Å². The summed E-state index contributed by atoms with van der Waals surface area (Å²) in [7, 11) is 1.68. The molecule has 120 valence electrons. The van der Waals surface area contributed by atoms with E-state index in [1.165, 1.54) is 0 Å². The molecular weight excluding hydrogens is 366 g/mol. The smallest absolute Gasteiger partial charge is 0.153 e. The SMILES string of the molecule is COc1ccc2c(c1)=C(c1ccccc1)Nn1c(nc(C)c1Br)C=2. The summed E-state index contributed by atoms with van der Waals surface area (Å²) in [6.07, 6.45) is 2.08. The molecule has 24 heavy (non-hydrogen) atoms. The molecule has 0 amide bonds. The van der Waals surface area contributed by atoms with E-state index in [9.17, 15) is 0 Å². The summed E-state index contributed by atoms with van der Waals surface area (Å²) in [5.74, 6) is 1.68. The summed E-state index contributed by atoms with van der Waals surface area (Å²) in [4.78, 5) is 4.63. The second-order valence-electron chi connectivity index (χ2n) is 5.63. The number of imidazole rings is 1. The Morgan fingerprint density at radius 2 is 1.92 bits per heavy atom. The van der Waals surface area contributed by atoms with Crippen LogP contribution in [0.3, 0.4) is 0 Å². The van der Waals surface area contributed by atoms with E-state index >= 15 is 0 Å². The van der Waals surface area contributed by atoms with Gasteiger partial charge in [0.1, 0.15) is 10.4 Å². The van der Waals surface area contributed by atoms with E-state index in [0.29, 0.717) is 0 Å². The fourth-order valence-corrected chi connectivity index (χ4v) is 3.23. The number of rotatable bonds is 2. The highest BCUT2D eigenvalue weighted by atomic mass is 79.9. The van der Waals surface area contributed by atoms with Crippen molar-refractivity contribution in [3.05, 3.63) is 80.7 Å². The minimum absolute atomic E-state index is 0.826. The minimum atomic E-state index is 0.826. The Bertz CT molecular complexity index is 1040. The summed E-state index contributed by atoms with van der Waals surface area (Å²) < 4.78 is 8.30. The summed E-state index contributed by atoms with van der Waals surface area (Å²) >= 11 is 3.62. The molecule has 0 atom stereocenters. The van der Waals surface area contributed by atoms with Crippen LogP contribution in [0, 0.1) is 6.92 Å². The zero-order valence-electron chi connectivity index (χ0n) is 13.4. The molecule has 0 saturated carbocycles. The van der Waals surface area contributed by atoms with Gasteiger partial charge in [-0.05, 0) is 46.3 Å². The van der Waals surface area contributed by atoms with Crippen LogP contribution in [0.25, 0.3) is 11.8 Å². The maximum atomic E-state index is 5.42. The van der Waals surface area contributed by atoms with Gasteiger partial charge in [-0.25, -0.2) is 9.66 Å². The van der Waals surface area contributed by atoms with Crippen molar-refractivity contribution < 1.29 is 4.74 Å². The maximum Gasteiger partial charge on any atom is 0.153 e. The van der Waals surface area contributed by atoms with E-state index in [2.05, 4.69) is 50.6 Å². The fourth-order valence-electron chi connectivity index (χ4n) is 2.87. The van der Waals surface area contributed by atoms with Gasteiger partial charge in [0.25, 0.3) is 0 Å². The molecule has 4 nitrogen and oxygen atoms in total. The largest absolute Gasteiger partial charge is 0.497 e. The highest BCUT2D eigenvalue weighted by Crippen LogP contribution is 2.21. The molecule has 2 aromatic carbocycles. The van der Waals surface area contributed by atoms with Crippen LogP contribution in [0.5, 0.6) is 5.75 Å². The van der Waals surface area contributed by atoms with Gasteiger partial charge in [-0.15, -0.1) is 0 Å². The summed E-state index contributed by atoms with van der Waals surface area (Å²) in [5.41, 5.74) is 6.57. The van der Waals surface area contributed by atoms with E-state index in [-0.39, 0.29) is 0 Å². The Hall–Kier alpha value is -2.53. The molecule has 2 heterocycles. The molecule has 0 radical (unpaired) electrons. The van der Waals surface area contributed by atoms with Gasteiger partial charge >= 0.3 is 0 Å². The molecule has 0 bridgehead atoms. The number of ether oxygens (including phenoxy) is 1. The molecule has 0 spiro atoms. The third-order valence-electron chi connectivity index (χ3n) is 4.11. The van der Waals surface area contributed by atoms with Crippen LogP contribution in [0.15, 0.2) is 53.1 Å². The highest BCUT2D eigenvalue weighted by molar-refractivity contribution is 9.10. The zero-order valence-corrected chi connectivity index (χ0v) is 15.0. The van der Waals surface area contributed by atoms with E-state index in [1.807, 2.05) is 41.9 Å². The van der Waals surface area contributed by atoms with Gasteiger partial charge in [-0.2, -0.15) is 0 Å². The van der Waals surface area contributed by atoms with Gasteiger partial charge in [-0.3, -0.25) is 5.43 Å². The summed E-state index contributed by atoms with van der Waals surface area (Å²) in [5, 5.41) is 2.18. The van der Waals surface area contributed by atoms with Crippen molar-refractivity contribution in [1.82, 2.24) is 9.66 Å². The van der Waals surface area contributed by atoms with Crippen molar-refractivity contribution in [3.63, 3.8) is 0 Å². The van der Waals surface area contributed by atoms with Crippen molar-refractivity contribution in [2.75, 3.05) is 12.5 Å². The number of benzene rings is 2. The Labute approximate surface area is 148 Å². The third-order valence-corrected chi connectivity index (χ3v) is 5.04. The Morgan fingerprint density at radius 1 is 1.12 bits per heavy atom. The first-order valence-corrected chi connectivity index (χ1v) is 8.44. The monoisotopic (exact) mass is 381 g/mol. The van der Waals surface area contributed by atoms with Crippen molar-refractivity contribution in [1.29, 1.82) is 0 Å². The first-order valence-electron chi connectivity index (χ1n) is 7.65. The minimum Gasteiger partial charge on any atom is -0.497 e. The molecule has 1 N–H and O–H groups in total. The van der Waals surface area contributed by atoms with E-state index in [0.717, 1.165) is 43.6 Å². The average molecular weight is 382 g/mol. The number of aryl methyl sites for hydroxylation is 1. The number of nitrogens with zero attached hydrogens (tertiary/aromatic N) is 2. The molecule has 1 aliphatic heterocycles. The van der Waals surface area contributed by atoms with Gasteiger partial charge in [-0.1, -0.05) is 36.4 Å². The molecule has 4 rings (SSSR count). The van der Waals surface area contributed by atoms with Crippen LogP contribution in [0.4, 0.5) is 0 Å². The lowest BCUT2D eigenvalue weighted by atomic mass is 10.1. The number of hydrogen-bond donors (Lipinski definition) is 1. The van der Waals surface area contributed by atoms with E-state index in [1.54, 1.807) is 7.11 Å². The van der Waals surface area contributed by atoms with Crippen LogP contribution >= 0.6 is 15.9 Å². The predicted molar refractivity (Wildman–Crippen MR) is 98.8 cm³/mol. The van der Waals surface area contributed by atoms with Gasteiger partial charge in [0.15, 0.2) is 5.82 Å². The number of hydrogen-bond acceptors (Lipinski definition) is 3.